The van der Waals surface area contributed by atoms with E-state index in [-0.39, 0.29) is 0 Å². The van der Waals surface area contributed by atoms with Crippen LogP contribution in [0.15, 0.2) is 18.2 Å². The molecular weight excluding hydrogens is 322 g/mol. The summed E-state index contributed by atoms with van der Waals surface area (Å²) in [5.41, 5.74) is -0.481. The largest absolute Gasteiger partial charge is 0.343 e. The quantitative estimate of drug-likeness (QED) is 0.862. The predicted molar refractivity (Wildman–Crippen MR) is 83.8 cm³/mol. The number of carbonyl (C=O) groups is 1. The van der Waals surface area contributed by atoms with E-state index in [1.54, 1.807) is 0 Å². The summed E-state index contributed by atoms with van der Waals surface area (Å²) >= 11 is 1.33. The number of carbonyl (C=O) groups excluding carboxylic acids is 1. The number of aromatic nitrogens is 2. The van der Waals surface area contributed by atoms with Gasteiger partial charge in [0.25, 0.3) is 5.91 Å². The highest BCUT2D eigenvalue weighted by Gasteiger charge is 2.27. The molecule has 1 saturated heterocycles. The molecule has 0 unspecified atom stereocenters. The second-order valence-electron chi connectivity index (χ2n) is 5.22. The summed E-state index contributed by atoms with van der Waals surface area (Å²) in [5, 5.41) is 0.825. The van der Waals surface area contributed by atoms with E-state index in [0.29, 0.717) is 26.2 Å². The van der Waals surface area contributed by atoms with Crippen molar-refractivity contribution < 1.29 is 13.6 Å². The van der Waals surface area contributed by atoms with Crippen LogP contribution in [0, 0.1) is 11.6 Å². The van der Waals surface area contributed by atoms with Gasteiger partial charge in [-0.1, -0.05) is 13.0 Å². The molecule has 1 aliphatic heterocycles. The summed E-state index contributed by atoms with van der Waals surface area (Å²) in [6.07, 6.45) is 0.779. The lowest BCUT2D eigenvalue weighted by Crippen LogP contribution is -2.49. The van der Waals surface area contributed by atoms with Crippen LogP contribution in [-0.4, -0.2) is 46.3 Å². The summed E-state index contributed by atoms with van der Waals surface area (Å²) in [5.74, 6) is -1.45. The van der Waals surface area contributed by atoms with Crippen molar-refractivity contribution in [3.05, 3.63) is 41.2 Å². The van der Waals surface area contributed by atoms with Crippen LogP contribution < -0.4 is 4.90 Å². The lowest BCUT2D eigenvalue weighted by atomic mass is 10.1. The zero-order chi connectivity index (χ0) is 16.4. The minimum Gasteiger partial charge on any atom is -0.343 e. The summed E-state index contributed by atoms with van der Waals surface area (Å²) in [6.45, 7) is 3.92. The molecule has 2 heterocycles. The second kappa shape index (κ2) is 6.57. The maximum atomic E-state index is 13.7. The third kappa shape index (κ3) is 3.17. The maximum absolute atomic E-state index is 13.7. The summed E-state index contributed by atoms with van der Waals surface area (Å²) in [6, 6.07) is 3.44. The smallest absolute Gasteiger partial charge is 0.259 e. The monoisotopic (exact) mass is 338 g/mol. The van der Waals surface area contributed by atoms with Gasteiger partial charge in [0, 0.05) is 44.1 Å². The third-order valence-corrected chi connectivity index (χ3v) is 4.60. The normalized spacial score (nSPS) is 15.1. The molecule has 2 aromatic rings. The third-order valence-electron chi connectivity index (χ3n) is 3.79. The number of anilines is 1. The lowest BCUT2D eigenvalue weighted by Gasteiger charge is -2.34. The number of nitrogens with zero attached hydrogens (tertiary/aromatic N) is 4. The minimum absolute atomic E-state index is 0.396. The first-order chi connectivity index (χ1) is 11.1. The van der Waals surface area contributed by atoms with E-state index in [4.69, 9.17) is 0 Å². The fourth-order valence-corrected chi connectivity index (χ4v) is 3.28. The van der Waals surface area contributed by atoms with Crippen molar-refractivity contribution in [2.45, 2.75) is 13.3 Å². The Bertz CT molecular complexity index is 693. The molecule has 0 N–H and O–H groups in total. The Morgan fingerprint density at radius 1 is 1.22 bits per heavy atom. The summed E-state index contributed by atoms with van der Waals surface area (Å²) < 4.78 is 31.7. The SMILES string of the molecule is CCc1nsc(N2CCN(C(=O)c3c(F)cccc3F)CC2)n1. The zero-order valence-electron chi connectivity index (χ0n) is 12.6. The first-order valence-electron chi connectivity index (χ1n) is 7.41. The first kappa shape index (κ1) is 15.8. The molecule has 122 valence electrons. The predicted octanol–water partition coefficient (Wildman–Crippen LogP) is 2.34. The van der Waals surface area contributed by atoms with Gasteiger partial charge >= 0.3 is 0 Å². The van der Waals surface area contributed by atoms with Gasteiger partial charge in [0.15, 0.2) is 0 Å². The minimum atomic E-state index is -0.825. The zero-order valence-corrected chi connectivity index (χ0v) is 13.4. The Labute approximate surface area is 136 Å². The van der Waals surface area contributed by atoms with Crippen LogP contribution >= 0.6 is 11.5 Å². The van der Waals surface area contributed by atoms with Crippen molar-refractivity contribution in [2.24, 2.45) is 0 Å². The molecule has 1 fully saturated rings. The number of benzene rings is 1. The van der Waals surface area contributed by atoms with Crippen LogP contribution in [0.4, 0.5) is 13.9 Å². The molecule has 0 saturated carbocycles. The number of halogens is 2. The molecule has 5 nitrogen and oxygen atoms in total. The van der Waals surface area contributed by atoms with E-state index in [0.717, 1.165) is 29.5 Å². The number of hydrogen-bond donors (Lipinski definition) is 0. The standard InChI is InChI=1S/C15H16F2N4OS/c1-2-12-18-15(23-19-12)21-8-6-20(7-9-21)14(22)13-10(16)4-3-5-11(13)17/h3-5H,2,6-9H2,1H3. The number of rotatable bonds is 3. The van der Waals surface area contributed by atoms with E-state index in [1.807, 2.05) is 11.8 Å². The van der Waals surface area contributed by atoms with Crippen molar-refractivity contribution in [3.8, 4) is 0 Å². The van der Waals surface area contributed by atoms with Gasteiger partial charge in [-0.2, -0.15) is 4.37 Å². The van der Waals surface area contributed by atoms with Crippen LogP contribution in [0.2, 0.25) is 0 Å². The Morgan fingerprint density at radius 3 is 2.43 bits per heavy atom. The molecule has 0 bridgehead atoms. The number of amides is 1. The highest BCUT2D eigenvalue weighted by atomic mass is 32.1. The van der Waals surface area contributed by atoms with Crippen molar-refractivity contribution in [3.63, 3.8) is 0 Å². The highest BCUT2D eigenvalue weighted by Crippen LogP contribution is 2.21. The number of hydrogen-bond acceptors (Lipinski definition) is 5. The Kier molecular flexibility index (Phi) is 4.51. The molecule has 0 spiro atoms. The van der Waals surface area contributed by atoms with Crippen LogP contribution in [0.5, 0.6) is 0 Å². The molecule has 1 aromatic carbocycles. The molecule has 3 rings (SSSR count). The fraction of sp³-hybridized carbons (Fsp3) is 0.400. The van der Waals surface area contributed by atoms with Crippen LogP contribution in [-0.2, 0) is 6.42 Å². The molecule has 0 aliphatic carbocycles. The average molecular weight is 338 g/mol. The number of piperazine rings is 1. The first-order valence-corrected chi connectivity index (χ1v) is 8.18. The van der Waals surface area contributed by atoms with Gasteiger partial charge in [-0.3, -0.25) is 4.79 Å². The second-order valence-corrected chi connectivity index (χ2v) is 5.95. The van der Waals surface area contributed by atoms with Gasteiger partial charge in [-0.15, -0.1) is 0 Å². The van der Waals surface area contributed by atoms with E-state index < -0.39 is 23.1 Å². The van der Waals surface area contributed by atoms with E-state index in [9.17, 15) is 13.6 Å². The molecule has 1 aliphatic rings. The van der Waals surface area contributed by atoms with E-state index in [1.165, 1.54) is 22.5 Å². The van der Waals surface area contributed by atoms with Gasteiger partial charge in [0.1, 0.15) is 23.0 Å². The van der Waals surface area contributed by atoms with Crippen molar-refractivity contribution in [1.29, 1.82) is 0 Å². The van der Waals surface area contributed by atoms with Crippen molar-refractivity contribution >= 4 is 22.6 Å². The van der Waals surface area contributed by atoms with Crippen LogP contribution in [0.3, 0.4) is 0 Å². The lowest BCUT2D eigenvalue weighted by molar-refractivity contribution is 0.0737. The van der Waals surface area contributed by atoms with Crippen LogP contribution in [0.25, 0.3) is 0 Å². The molecular formula is C15H16F2N4OS. The fourth-order valence-electron chi connectivity index (χ4n) is 2.48. The van der Waals surface area contributed by atoms with Crippen LogP contribution in [0.1, 0.15) is 23.1 Å². The molecule has 23 heavy (non-hydrogen) atoms. The van der Waals surface area contributed by atoms with Crippen molar-refractivity contribution in [1.82, 2.24) is 14.3 Å². The number of aryl methyl sites for hydroxylation is 1. The maximum Gasteiger partial charge on any atom is 0.259 e. The Morgan fingerprint density at radius 2 is 1.87 bits per heavy atom. The Balaban J connectivity index is 1.68. The van der Waals surface area contributed by atoms with Gasteiger partial charge in [-0.25, -0.2) is 13.8 Å². The molecule has 8 heteroatoms. The van der Waals surface area contributed by atoms with Gasteiger partial charge in [0.05, 0.1) is 0 Å². The average Bonchev–Trinajstić information content (AvgIpc) is 3.04. The van der Waals surface area contributed by atoms with E-state index >= 15 is 0 Å². The molecule has 1 amide bonds. The van der Waals surface area contributed by atoms with Gasteiger partial charge in [-0.05, 0) is 12.1 Å². The molecule has 0 radical (unpaired) electrons. The summed E-state index contributed by atoms with van der Waals surface area (Å²) in [4.78, 5) is 20.3. The molecule has 0 atom stereocenters. The van der Waals surface area contributed by atoms with E-state index in [2.05, 4.69) is 9.36 Å². The van der Waals surface area contributed by atoms with Gasteiger partial charge in [0.2, 0.25) is 5.13 Å². The van der Waals surface area contributed by atoms with Crippen molar-refractivity contribution in [2.75, 3.05) is 31.1 Å². The molecule has 1 aromatic heterocycles. The summed E-state index contributed by atoms with van der Waals surface area (Å²) in [7, 11) is 0. The highest BCUT2D eigenvalue weighted by molar-refractivity contribution is 7.09. The topological polar surface area (TPSA) is 49.3 Å². The Hall–Kier alpha value is -2.09. The van der Waals surface area contributed by atoms with Gasteiger partial charge < -0.3 is 9.80 Å².